The number of hydrogen-bond donors (Lipinski definition) is 2. The molecule has 1 aromatic carbocycles. The summed E-state index contributed by atoms with van der Waals surface area (Å²) in [5.41, 5.74) is 1.77. The van der Waals surface area contributed by atoms with Gasteiger partial charge in [0.2, 0.25) is 0 Å². The molecule has 4 nitrogen and oxygen atoms in total. The molecule has 2 aromatic rings. The number of anilines is 1. The second-order valence-electron chi connectivity index (χ2n) is 4.06. The Labute approximate surface area is 92.9 Å². The number of phenolic OH excluding ortho intramolecular Hbond substituents is 1. The van der Waals surface area contributed by atoms with Crippen molar-refractivity contribution < 1.29 is 9.84 Å². The van der Waals surface area contributed by atoms with Crippen LogP contribution in [-0.4, -0.2) is 22.7 Å². The highest BCUT2D eigenvalue weighted by atomic mass is 16.5. The van der Waals surface area contributed by atoms with Crippen molar-refractivity contribution in [3.05, 3.63) is 24.4 Å². The number of aromatic hydroxyl groups is 1. The van der Waals surface area contributed by atoms with E-state index < -0.39 is 0 Å². The second kappa shape index (κ2) is 3.27. The van der Waals surface area contributed by atoms with E-state index in [-0.39, 0.29) is 11.8 Å². The number of nitrogens with one attached hydrogen (secondary N) is 1. The molecule has 1 aliphatic heterocycles. The van der Waals surface area contributed by atoms with Gasteiger partial charge in [-0.25, -0.2) is 0 Å². The third-order valence-electron chi connectivity index (χ3n) is 2.70. The van der Waals surface area contributed by atoms with Gasteiger partial charge in [0.1, 0.15) is 12.4 Å². The Bertz CT molecular complexity index is 554. The lowest BCUT2D eigenvalue weighted by molar-refractivity contribution is 0.291. The molecule has 16 heavy (non-hydrogen) atoms. The van der Waals surface area contributed by atoms with Crippen molar-refractivity contribution in [2.24, 2.45) is 0 Å². The predicted molar refractivity (Wildman–Crippen MR) is 62.0 cm³/mol. The average molecular weight is 216 g/mol. The highest BCUT2D eigenvalue weighted by molar-refractivity contribution is 5.95. The molecule has 4 heteroatoms. The van der Waals surface area contributed by atoms with Crippen molar-refractivity contribution in [1.82, 2.24) is 4.98 Å². The third kappa shape index (κ3) is 1.34. The fraction of sp³-hybridized carbons (Fsp3) is 0.250. The molecule has 1 aromatic heterocycles. The van der Waals surface area contributed by atoms with E-state index in [0.29, 0.717) is 6.61 Å². The van der Waals surface area contributed by atoms with Crippen LogP contribution in [0.5, 0.6) is 11.5 Å². The summed E-state index contributed by atoms with van der Waals surface area (Å²) in [5, 5.41) is 13.7. The van der Waals surface area contributed by atoms with Gasteiger partial charge in [-0.1, -0.05) is 0 Å². The Morgan fingerprint density at radius 1 is 1.50 bits per heavy atom. The zero-order chi connectivity index (χ0) is 11.1. The molecule has 0 spiro atoms. The van der Waals surface area contributed by atoms with E-state index in [0.717, 1.165) is 22.3 Å². The van der Waals surface area contributed by atoms with E-state index in [1.165, 1.54) is 0 Å². The summed E-state index contributed by atoms with van der Waals surface area (Å²) in [5.74, 6) is 0.985. The smallest absolute Gasteiger partial charge is 0.161 e. The number of ether oxygens (including phenoxy) is 1. The summed E-state index contributed by atoms with van der Waals surface area (Å²) in [6.45, 7) is 2.69. The first-order valence-corrected chi connectivity index (χ1v) is 5.25. The average Bonchev–Trinajstić information content (AvgIpc) is 2.29. The van der Waals surface area contributed by atoms with Crippen LogP contribution in [0.2, 0.25) is 0 Å². The minimum atomic E-state index is 0.239. The van der Waals surface area contributed by atoms with Crippen LogP contribution in [-0.2, 0) is 0 Å². The van der Waals surface area contributed by atoms with Gasteiger partial charge in [-0.3, -0.25) is 4.98 Å². The molecule has 1 unspecified atom stereocenters. The second-order valence-corrected chi connectivity index (χ2v) is 4.06. The molecule has 0 amide bonds. The first-order chi connectivity index (χ1) is 7.74. The minimum absolute atomic E-state index is 0.239. The lowest BCUT2D eigenvalue weighted by Gasteiger charge is -2.25. The summed E-state index contributed by atoms with van der Waals surface area (Å²) >= 11 is 0. The molecule has 2 heterocycles. The van der Waals surface area contributed by atoms with E-state index in [1.54, 1.807) is 24.4 Å². The van der Waals surface area contributed by atoms with Crippen molar-refractivity contribution in [2.45, 2.75) is 13.0 Å². The molecule has 2 N–H and O–H groups in total. The Morgan fingerprint density at radius 2 is 2.38 bits per heavy atom. The molecule has 1 atom stereocenters. The molecular formula is C12H12N2O2. The predicted octanol–water partition coefficient (Wildman–Crippen LogP) is 2.13. The topological polar surface area (TPSA) is 54.4 Å². The molecule has 0 fully saturated rings. The Balaban J connectivity index is 2.28. The third-order valence-corrected chi connectivity index (χ3v) is 2.70. The van der Waals surface area contributed by atoms with Crippen molar-refractivity contribution >= 4 is 16.6 Å². The fourth-order valence-corrected chi connectivity index (χ4v) is 1.92. The number of nitrogens with zero attached hydrogens (tertiary/aromatic N) is 1. The van der Waals surface area contributed by atoms with E-state index in [9.17, 15) is 5.11 Å². The summed E-state index contributed by atoms with van der Waals surface area (Å²) in [6, 6.07) is 5.40. The Hall–Kier alpha value is -1.97. The van der Waals surface area contributed by atoms with Crippen LogP contribution in [0, 0.1) is 0 Å². The molecule has 0 bridgehead atoms. The van der Waals surface area contributed by atoms with Gasteiger partial charge in [-0.2, -0.15) is 0 Å². The van der Waals surface area contributed by atoms with Crippen molar-refractivity contribution in [3.63, 3.8) is 0 Å². The molecule has 3 rings (SSSR count). The van der Waals surface area contributed by atoms with Gasteiger partial charge in [0.05, 0.1) is 23.4 Å². The summed E-state index contributed by atoms with van der Waals surface area (Å²) < 4.78 is 5.58. The number of hydrogen-bond acceptors (Lipinski definition) is 4. The van der Waals surface area contributed by atoms with Gasteiger partial charge >= 0.3 is 0 Å². The van der Waals surface area contributed by atoms with E-state index in [2.05, 4.69) is 17.2 Å². The van der Waals surface area contributed by atoms with Crippen molar-refractivity contribution in [3.8, 4) is 11.5 Å². The molecule has 0 saturated heterocycles. The van der Waals surface area contributed by atoms with Gasteiger partial charge in [-0.15, -0.1) is 0 Å². The van der Waals surface area contributed by atoms with Gasteiger partial charge < -0.3 is 15.2 Å². The van der Waals surface area contributed by atoms with Crippen LogP contribution in [0.15, 0.2) is 24.4 Å². The molecule has 0 saturated carbocycles. The lowest BCUT2D eigenvalue weighted by atomic mass is 10.1. The van der Waals surface area contributed by atoms with Crippen LogP contribution in [0.1, 0.15) is 6.92 Å². The van der Waals surface area contributed by atoms with Crippen LogP contribution >= 0.6 is 0 Å². The first kappa shape index (κ1) is 9.27. The quantitative estimate of drug-likeness (QED) is 0.708. The number of fused-ring (bicyclic) bond motifs is 3. The largest absolute Gasteiger partial charge is 0.508 e. The maximum absolute atomic E-state index is 9.50. The number of rotatable bonds is 0. The number of aromatic nitrogens is 1. The zero-order valence-corrected chi connectivity index (χ0v) is 8.90. The van der Waals surface area contributed by atoms with E-state index in [4.69, 9.17) is 4.74 Å². The fourth-order valence-electron chi connectivity index (χ4n) is 1.92. The summed E-state index contributed by atoms with van der Waals surface area (Å²) in [6.07, 6.45) is 1.72. The number of phenols is 1. The minimum Gasteiger partial charge on any atom is -0.508 e. The van der Waals surface area contributed by atoms with E-state index >= 15 is 0 Å². The molecule has 0 aliphatic carbocycles. The summed E-state index contributed by atoms with van der Waals surface area (Å²) in [7, 11) is 0. The maximum atomic E-state index is 9.50. The van der Waals surface area contributed by atoms with Crippen LogP contribution in [0.3, 0.4) is 0 Å². The summed E-state index contributed by atoms with van der Waals surface area (Å²) in [4.78, 5) is 4.28. The molecule has 1 aliphatic rings. The number of benzene rings is 1. The normalized spacial score (nSPS) is 18.7. The maximum Gasteiger partial charge on any atom is 0.161 e. The lowest BCUT2D eigenvalue weighted by Crippen LogP contribution is -2.28. The molecule has 0 radical (unpaired) electrons. The standard InChI is InChI=1S/C12H12N2O2/c1-7-6-16-11-5-13-10-3-2-8(15)4-9(10)12(11)14-7/h2-5,7,14-15H,6H2,1H3. The Kier molecular flexibility index (Phi) is 1.89. The molecule has 82 valence electrons. The number of pyridine rings is 1. The highest BCUT2D eigenvalue weighted by Crippen LogP contribution is 2.36. The van der Waals surface area contributed by atoms with Gasteiger partial charge in [0.25, 0.3) is 0 Å². The highest BCUT2D eigenvalue weighted by Gasteiger charge is 2.18. The van der Waals surface area contributed by atoms with Crippen molar-refractivity contribution in [2.75, 3.05) is 11.9 Å². The van der Waals surface area contributed by atoms with Crippen LogP contribution in [0.25, 0.3) is 10.9 Å². The van der Waals surface area contributed by atoms with Gasteiger partial charge in [0, 0.05) is 5.39 Å². The SMILES string of the molecule is CC1COc2cnc3ccc(O)cc3c2N1. The zero-order valence-electron chi connectivity index (χ0n) is 8.90. The first-order valence-electron chi connectivity index (χ1n) is 5.25. The van der Waals surface area contributed by atoms with Gasteiger partial charge in [0.15, 0.2) is 5.75 Å². The monoisotopic (exact) mass is 216 g/mol. The molecular weight excluding hydrogens is 204 g/mol. The van der Waals surface area contributed by atoms with Crippen molar-refractivity contribution in [1.29, 1.82) is 0 Å². The van der Waals surface area contributed by atoms with E-state index in [1.807, 2.05) is 0 Å². The van der Waals surface area contributed by atoms with Gasteiger partial charge in [-0.05, 0) is 25.1 Å². The Morgan fingerprint density at radius 3 is 3.25 bits per heavy atom. The van der Waals surface area contributed by atoms with Crippen LogP contribution in [0.4, 0.5) is 5.69 Å². The van der Waals surface area contributed by atoms with Crippen LogP contribution < -0.4 is 10.1 Å².